The average Bonchev–Trinajstić information content (AvgIpc) is 3.02. The third-order valence-electron chi connectivity index (χ3n) is 6.00. The van der Waals surface area contributed by atoms with Gasteiger partial charge in [-0.2, -0.15) is 5.10 Å². The van der Waals surface area contributed by atoms with Gasteiger partial charge in [-0.05, 0) is 42.3 Å². The van der Waals surface area contributed by atoms with Crippen molar-refractivity contribution in [1.82, 2.24) is 19.7 Å². The molecule has 172 valence electrons. The van der Waals surface area contributed by atoms with E-state index in [0.29, 0.717) is 17.0 Å². The van der Waals surface area contributed by atoms with Crippen molar-refractivity contribution < 1.29 is 4.79 Å². The highest BCUT2D eigenvalue weighted by molar-refractivity contribution is 7.99. The molecule has 6 nitrogen and oxygen atoms in total. The Morgan fingerprint density at radius 2 is 2.03 bits per heavy atom. The van der Waals surface area contributed by atoms with Crippen molar-refractivity contribution >= 4 is 35.0 Å². The summed E-state index contributed by atoms with van der Waals surface area (Å²) in [5.74, 6) is 1.91. The van der Waals surface area contributed by atoms with Crippen molar-refractivity contribution in [3.05, 3.63) is 93.9 Å². The van der Waals surface area contributed by atoms with Crippen LogP contribution in [-0.4, -0.2) is 37.8 Å². The normalized spacial score (nSPS) is 15.3. The molecule has 1 unspecified atom stereocenters. The highest BCUT2D eigenvalue weighted by atomic mass is 35.5. The second-order valence-corrected chi connectivity index (χ2v) is 9.83. The van der Waals surface area contributed by atoms with Crippen LogP contribution in [0.3, 0.4) is 0 Å². The molecule has 0 aliphatic carbocycles. The fraction of sp³-hybridized carbons (Fsp3) is 0.231. The summed E-state index contributed by atoms with van der Waals surface area (Å²) >= 11 is 8.64. The topological polar surface area (TPSA) is 72.7 Å². The number of nitrogens with one attached hydrogen (secondary N) is 1. The number of carbonyl (C=O) groups excluding carboxylic acids is 1. The van der Waals surface area contributed by atoms with E-state index in [9.17, 15) is 4.79 Å². The summed E-state index contributed by atoms with van der Waals surface area (Å²) in [6.45, 7) is 2.74. The first-order chi connectivity index (χ1) is 16.5. The number of fused-ring (bicyclic) bond motifs is 1. The van der Waals surface area contributed by atoms with E-state index in [2.05, 4.69) is 15.3 Å². The summed E-state index contributed by atoms with van der Waals surface area (Å²) in [6, 6.07) is 15.3. The number of ketones is 1. The standard InChI is InChI=1S/C26H24ClN5OS/c1-16-17(6-5-11-28-16)15-22(33)18-8-9-19(20(27)14-18)25-23-24(21-7-3-4-10-29-21)31-32(2)26(23)30-12-13-34-25/h3-11,14,25,30H,12-13,15H2,1-2H3. The number of hydrogen-bond donors (Lipinski definition) is 1. The van der Waals surface area contributed by atoms with E-state index in [4.69, 9.17) is 16.7 Å². The Kier molecular flexibility index (Phi) is 6.39. The van der Waals surface area contributed by atoms with Gasteiger partial charge in [-0.25, -0.2) is 0 Å². The monoisotopic (exact) mass is 489 g/mol. The number of thioether (sulfide) groups is 1. The first-order valence-electron chi connectivity index (χ1n) is 11.1. The van der Waals surface area contributed by atoms with Crippen molar-refractivity contribution in [1.29, 1.82) is 0 Å². The van der Waals surface area contributed by atoms with Crippen LogP contribution in [0.5, 0.6) is 0 Å². The minimum atomic E-state index is -0.0343. The van der Waals surface area contributed by atoms with E-state index < -0.39 is 0 Å². The largest absolute Gasteiger partial charge is 0.369 e. The molecule has 0 amide bonds. The van der Waals surface area contributed by atoms with Crippen molar-refractivity contribution in [2.24, 2.45) is 7.05 Å². The number of carbonyl (C=O) groups is 1. The van der Waals surface area contributed by atoms with Gasteiger partial charge < -0.3 is 5.32 Å². The lowest BCUT2D eigenvalue weighted by molar-refractivity contribution is 0.0992. The lowest BCUT2D eigenvalue weighted by Gasteiger charge is -2.18. The van der Waals surface area contributed by atoms with Gasteiger partial charge >= 0.3 is 0 Å². The third kappa shape index (κ3) is 4.33. The van der Waals surface area contributed by atoms with Crippen LogP contribution in [0.15, 0.2) is 60.9 Å². The Bertz CT molecular complexity index is 1350. The van der Waals surface area contributed by atoms with Crippen LogP contribution in [-0.2, 0) is 13.5 Å². The molecule has 1 aromatic carbocycles. The molecule has 1 aliphatic rings. The third-order valence-corrected chi connectivity index (χ3v) is 7.59. The molecule has 1 N–H and O–H groups in total. The molecular formula is C26H24ClN5OS. The number of pyridine rings is 2. The highest BCUT2D eigenvalue weighted by Gasteiger charge is 2.31. The molecule has 0 bridgehead atoms. The summed E-state index contributed by atoms with van der Waals surface area (Å²) in [7, 11) is 1.94. The highest BCUT2D eigenvalue weighted by Crippen LogP contribution is 2.47. The molecule has 4 heterocycles. The second kappa shape index (κ2) is 9.60. The fourth-order valence-electron chi connectivity index (χ4n) is 4.26. The molecular weight excluding hydrogens is 466 g/mol. The van der Waals surface area contributed by atoms with Crippen molar-refractivity contribution in [3.8, 4) is 11.4 Å². The van der Waals surface area contributed by atoms with Gasteiger partial charge in [-0.15, -0.1) is 11.8 Å². The zero-order valence-corrected chi connectivity index (χ0v) is 20.5. The minimum Gasteiger partial charge on any atom is -0.369 e. The zero-order chi connectivity index (χ0) is 23.7. The molecule has 8 heteroatoms. The Labute approximate surface area is 207 Å². The van der Waals surface area contributed by atoms with E-state index in [-0.39, 0.29) is 11.0 Å². The molecule has 1 aliphatic heterocycles. The Hall–Kier alpha value is -3.16. The van der Waals surface area contributed by atoms with Crippen LogP contribution < -0.4 is 5.32 Å². The smallest absolute Gasteiger partial charge is 0.167 e. The Morgan fingerprint density at radius 3 is 2.79 bits per heavy atom. The van der Waals surface area contributed by atoms with Crippen LogP contribution in [0.25, 0.3) is 11.4 Å². The van der Waals surface area contributed by atoms with Gasteiger partial charge in [-0.3, -0.25) is 19.4 Å². The van der Waals surface area contributed by atoms with Crippen LogP contribution in [0.2, 0.25) is 5.02 Å². The maximum atomic E-state index is 13.0. The minimum absolute atomic E-state index is 0.0241. The maximum Gasteiger partial charge on any atom is 0.167 e. The van der Waals surface area contributed by atoms with Gasteiger partial charge in [-0.1, -0.05) is 35.9 Å². The summed E-state index contributed by atoms with van der Waals surface area (Å²) in [4.78, 5) is 21.8. The van der Waals surface area contributed by atoms with Gasteiger partial charge in [0.25, 0.3) is 0 Å². The number of nitrogens with zero attached hydrogens (tertiary/aromatic N) is 4. The lowest BCUT2D eigenvalue weighted by atomic mass is 9.97. The quantitative estimate of drug-likeness (QED) is 0.372. The molecule has 0 spiro atoms. The molecule has 0 fully saturated rings. The summed E-state index contributed by atoms with van der Waals surface area (Å²) in [6.07, 6.45) is 3.81. The SMILES string of the molecule is Cc1ncccc1CC(=O)c1ccc(C2SCCNc3c2c(-c2ccccn2)nn3C)c(Cl)c1. The molecule has 1 atom stereocenters. The molecule has 3 aromatic heterocycles. The number of aromatic nitrogens is 4. The average molecular weight is 490 g/mol. The number of aryl methyl sites for hydroxylation is 2. The molecule has 0 saturated carbocycles. The molecule has 5 rings (SSSR count). The van der Waals surface area contributed by atoms with Crippen molar-refractivity contribution in [3.63, 3.8) is 0 Å². The summed E-state index contributed by atoms with van der Waals surface area (Å²) in [5, 5.41) is 8.84. The van der Waals surface area contributed by atoms with Crippen LogP contribution in [0.4, 0.5) is 5.82 Å². The Balaban J connectivity index is 1.52. The summed E-state index contributed by atoms with van der Waals surface area (Å²) < 4.78 is 1.88. The predicted octanol–water partition coefficient (Wildman–Crippen LogP) is 5.51. The first-order valence-corrected chi connectivity index (χ1v) is 12.5. The van der Waals surface area contributed by atoms with Crippen LogP contribution >= 0.6 is 23.4 Å². The molecule has 4 aromatic rings. The molecule has 0 saturated heterocycles. The van der Waals surface area contributed by atoms with Gasteiger partial charge in [0.05, 0.1) is 10.9 Å². The van der Waals surface area contributed by atoms with E-state index in [1.165, 1.54) is 0 Å². The first kappa shape index (κ1) is 22.6. The predicted molar refractivity (Wildman–Crippen MR) is 138 cm³/mol. The van der Waals surface area contributed by atoms with Crippen molar-refractivity contribution in [2.75, 3.05) is 17.6 Å². The zero-order valence-electron chi connectivity index (χ0n) is 19.0. The Morgan fingerprint density at radius 1 is 1.18 bits per heavy atom. The number of rotatable bonds is 5. The van der Waals surface area contributed by atoms with Crippen LogP contribution in [0, 0.1) is 6.92 Å². The summed E-state index contributed by atoms with van der Waals surface area (Å²) in [5.41, 5.74) is 6.10. The van der Waals surface area contributed by atoms with Gasteiger partial charge in [0.2, 0.25) is 0 Å². The number of anilines is 1. The van der Waals surface area contributed by atoms with Crippen LogP contribution in [0.1, 0.15) is 38.0 Å². The van der Waals surface area contributed by atoms with E-state index in [0.717, 1.165) is 51.9 Å². The maximum absolute atomic E-state index is 13.0. The van der Waals surface area contributed by atoms with Gasteiger partial charge in [0, 0.05) is 60.0 Å². The molecule has 0 radical (unpaired) electrons. The number of benzene rings is 1. The van der Waals surface area contributed by atoms with E-state index >= 15 is 0 Å². The second-order valence-electron chi connectivity index (χ2n) is 8.21. The van der Waals surface area contributed by atoms with E-state index in [1.54, 1.807) is 18.5 Å². The van der Waals surface area contributed by atoms with Crippen molar-refractivity contribution in [2.45, 2.75) is 18.6 Å². The van der Waals surface area contributed by atoms with Gasteiger partial charge in [0.15, 0.2) is 5.78 Å². The molecule has 34 heavy (non-hydrogen) atoms. The number of hydrogen-bond acceptors (Lipinski definition) is 6. The lowest BCUT2D eigenvalue weighted by Crippen LogP contribution is -2.07. The number of Topliss-reactive ketones (excluding diaryl/α,β-unsaturated/α-hetero) is 1. The van der Waals surface area contributed by atoms with Gasteiger partial charge in [0.1, 0.15) is 11.5 Å². The number of halogens is 1. The van der Waals surface area contributed by atoms with E-state index in [1.807, 2.05) is 72.9 Å². The fourth-order valence-corrected chi connectivity index (χ4v) is 5.84.